The van der Waals surface area contributed by atoms with Crippen LogP contribution in [0.2, 0.25) is 0 Å². The summed E-state index contributed by atoms with van der Waals surface area (Å²) < 4.78 is 6.42. The maximum Gasteiger partial charge on any atom is 0.0603 e. The maximum atomic E-state index is 6.42. The highest BCUT2D eigenvalue weighted by Gasteiger charge is 2.33. The van der Waals surface area contributed by atoms with E-state index in [1.54, 1.807) is 0 Å². The van der Waals surface area contributed by atoms with Crippen LogP contribution in [0, 0.1) is 35.0 Å². The molecule has 0 radical (unpaired) electrons. The van der Waals surface area contributed by atoms with Crippen LogP contribution in [-0.4, -0.2) is 60.3 Å². The van der Waals surface area contributed by atoms with Crippen molar-refractivity contribution in [2.45, 2.75) is 105 Å². The fraction of sp³-hybridized carbons (Fsp3) is 0.926. The van der Waals surface area contributed by atoms with E-state index in [-0.39, 0.29) is 5.41 Å². The molecule has 0 aromatic rings. The predicted molar refractivity (Wildman–Crippen MR) is 128 cm³/mol. The van der Waals surface area contributed by atoms with Gasteiger partial charge in [0.1, 0.15) is 0 Å². The van der Waals surface area contributed by atoms with Crippen LogP contribution < -0.4 is 0 Å². The molecule has 1 aliphatic carbocycles. The van der Waals surface area contributed by atoms with Crippen molar-refractivity contribution in [3.8, 4) is 11.8 Å². The fourth-order valence-electron chi connectivity index (χ4n) is 4.91. The number of rotatable bonds is 4. The second-order valence-electron chi connectivity index (χ2n) is 12.4. The first-order valence-corrected chi connectivity index (χ1v) is 12.6. The molecule has 0 spiro atoms. The molecule has 3 fully saturated rings. The minimum atomic E-state index is 0.282. The molecule has 3 rings (SSSR count). The third-order valence-electron chi connectivity index (χ3n) is 7.90. The van der Waals surface area contributed by atoms with Gasteiger partial charge < -0.3 is 9.64 Å². The highest BCUT2D eigenvalue weighted by Crippen LogP contribution is 2.33. The Bertz CT molecular complexity index is 583. The van der Waals surface area contributed by atoms with Gasteiger partial charge in [-0.3, -0.25) is 4.90 Å². The number of likely N-dealkylation sites (tertiary alicyclic amines) is 2. The standard InChI is InChI=1S/C27H48N2O/c1-21(26(2,3)4)8-9-23-18-25(19-23)30-24-12-14-28(15-13-24)20-22-10-16-29(17-11-22)27(5,6)7/h21-25H,10-20H2,1-7H3/t21-,23?,25?/m1/s1. The van der Waals surface area contributed by atoms with Gasteiger partial charge in [0.25, 0.3) is 0 Å². The molecule has 0 amide bonds. The maximum absolute atomic E-state index is 6.42. The van der Waals surface area contributed by atoms with Gasteiger partial charge in [-0.2, -0.15) is 0 Å². The number of ether oxygens (including phenoxy) is 1. The molecular formula is C27H48N2O. The van der Waals surface area contributed by atoms with Gasteiger partial charge in [0.05, 0.1) is 12.2 Å². The molecule has 0 N–H and O–H groups in total. The van der Waals surface area contributed by atoms with Gasteiger partial charge in [-0.25, -0.2) is 0 Å². The largest absolute Gasteiger partial charge is 0.375 e. The van der Waals surface area contributed by atoms with E-state index in [1.807, 2.05) is 0 Å². The summed E-state index contributed by atoms with van der Waals surface area (Å²) in [6.07, 6.45) is 8.41. The molecule has 3 aliphatic rings. The second kappa shape index (κ2) is 9.93. The predicted octanol–water partition coefficient (Wildman–Crippen LogP) is 5.44. The van der Waals surface area contributed by atoms with Crippen molar-refractivity contribution in [2.24, 2.45) is 23.2 Å². The molecule has 2 aliphatic heterocycles. The van der Waals surface area contributed by atoms with Gasteiger partial charge in [-0.15, -0.1) is 0 Å². The van der Waals surface area contributed by atoms with Crippen LogP contribution in [-0.2, 0) is 4.74 Å². The smallest absolute Gasteiger partial charge is 0.0603 e. The monoisotopic (exact) mass is 416 g/mol. The van der Waals surface area contributed by atoms with E-state index in [1.165, 1.54) is 58.4 Å². The van der Waals surface area contributed by atoms with E-state index in [4.69, 9.17) is 4.74 Å². The molecule has 0 unspecified atom stereocenters. The number of hydrogen-bond donors (Lipinski definition) is 0. The lowest BCUT2D eigenvalue weighted by atomic mass is 9.79. The molecule has 1 saturated carbocycles. The van der Waals surface area contributed by atoms with Crippen LogP contribution in [0.3, 0.4) is 0 Å². The average molecular weight is 417 g/mol. The topological polar surface area (TPSA) is 15.7 Å². The average Bonchev–Trinajstić information content (AvgIpc) is 2.63. The van der Waals surface area contributed by atoms with Gasteiger partial charge in [0.15, 0.2) is 0 Å². The SMILES string of the molecule is C[C@H](C#CC1CC(OC2CCN(CC3CCN(C(C)(C)C)CC3)CC2)C1)C(C)(C)C. The van der Waals surface area contributed by atoms with E-state index in [0.29, 0.717) is 29.6 Å². The van der Waals surface area contributed by atoms with Crippen LogP contribution in [0.4, 0.5) is 0 Å². The Kier molecular flexibility index (Phi) is 7.97. The van der Waals surface area contributed by atoms with Crippen molar-refractivity contribution in [1.82, 2.24) is 9.80 Å². The summed E-state index contributed by atoms with van der Waals surface area (Å²) in [5.74, 6) is 8.92. The second-order valence-corrected chi connectivity index (χ2v) is 12.4. The van der Waals surface area contributed by atoms with E-state index in [0.717, 1.165) is 18.8 Å². The van der Waals surface area contributed by atoms with Crippen LogP contribution in [0.1, 0.15) is 87.0 Å². The zero-order valence-electron chi connectivity index (χ0n) is 21.0. The Morgan fingerprint density at radius 3 is 2.00 bits per heavy atom. The van der Waals surface area contributed by atoms with Crippen molar-refractivity contribution >= 4 is 0 Å². The number of piperidine rings is 2. The first-order chi connectivity index (χ1) is 14.0. The number of hydrogen-bond acceptors (Lipinski definition) is 3. The molecule has 1 atom stereocenters. The molecule has 3 heteroatoms. The van der Waals surface area contributed by atoms with Crippen molar-refractivity contribution in [2.75, 3.05) is 32.7 Å². The van der Waals surface area contributed by atoms with Gasteiger partial charge in [-0.05, 0) is 83.7 Å². The lowest BCUT2D eigenvalue weighted by Gasteiger charge is -2.43. The lowest BCUT2D eigenvalue weighted by Crippen LogP contribution is -2.48. The van der Waals surface area contributed by atoms with Crippen LogP contribution in [0.25, 0.3) is 0 Å². The third kappa shape index (κ3) is 6.98. The van der Waals surface area contributed by atoms with Crippen LogP contribution in [0.5, 0.6) is 0 Å². The Hall–Kier alpha value is -0.560. The zero-order valence-corrected chi connectivity index (χ0v) is 21.0. The van der Waals surface area contributed by atoms with Crippen molar-refractivity contribution in [3.63, 3.8) is 0 Å². The van der Waals surface area contributed by atoms with E-state index < -0.39 is 0 Å². The van der Waals surface area contributed by atoms with Gasteiger partial charge in [-0.1, -0.05) is 39.5 Å². The number of nitrogens with zero attached hydrogens (tertiary/aromatic N) is 2. The lowest BCUT2D eigenvalue weighted by molar-refractivity contribution is -0.0860. The van der Waals surface area contributed by atoms with Crippen molar-refractivity contribution < 1.29 is 4.74 Å². The Morgan fingerprint density at radius 1 is 0.867 bits per heavy atom. The van der Waals surface area contributed by atoms with Gasteiger partial charge in [0, 0.05) is 37.0 Å². The minimum Gasteiger partial charge on any atom is -0.375 e. The minimum absolute atomic E-state index is 0.282. The fourth-order valence-corrected chi connectivity index (χ4v) is 4.91. The molecule has 3 nitrogen and oxygen atoms in total. The first-order valence-electron chi connectivity index (χ1n) is 12.6. The van der Waals surface area contributed by atoms with Crippen LogP contribution >= 0.6 is 0 Å². The van der Waals surface area contributed by atoms with Gasteiger partial charge in [0.2, 0.25) is 0 Å². The Labute approximate surface area is 187 Å². The van der Waals surface area contributed by atoms with Crippen molar-refractivity contribution in [3.05, 3.63) is 0 Å². The summed E-state index contributed by atoms with van der Waals surface area (Å²) in [4.78, 5) is 5.36. The van der Waals surface area contributed by atoms with E-state index in [9.17, 15) is 0 Å². The summed E-state index contributed by atoms with van der Waals surface area (Å²) in [5, 5.41) is 0. The normalized spacial score (nSPS) is 29.2. The highest BCUT2D eigenvalue weighted by molar-refractivity contribution is 5.12. The van der Waals surface area contributed by atoms with E-state index >= 15 is 0 Å². The zero-order chi connectivity index (χ0) is 21.9. The van der Waals surface area contributed by atoms with Crippen molar-refractivity contribution in [1.29, 1.82) is 0 Å². The molecule has 0 aromatic heterocycles. The molecule has 2 heterocycles. The third-order valence-corrected chi connectivity index (χ3v) is 7.90. The highest BCUT2D eigenvalue weighted by atomic mass is 16.5. The quantitative estimate of drug-likeness (QED) is 0.567. The summed E-state index contributed by atoms with van der Waals surface area (Å²) in [5.41, 5.74) is 0.613. The molecule has 2 saturated heterocycles. The summed E-state index contributed by atoms with van der Waals surface area (Å²) in [7, 11) is 0. The first kappa shape index (κ1) is 24.1. The summed E-state index contributed by atoms with van der Waals surface area (Å²) in [6.45, 7) is 22.4. The molecular weight excluding hydrogens is 368 g/mol. The summed E-state index contributed by atoms with van der Waals surface area (Å²) >= 11 is 0. The van der Waals surface area contributed by atoms with Crippen LogP contribution in [0.15, 0.2) is 0 Å². The van der Waals surface area contributed by atoms with Gasteiger partial charge >= 0.3 is 0 Å². The summed E-state index contributed by atoms with van der Waals surface area (Å²) in [6, 6.07) is 0. The molecule has 0 aromatic carbocycles. The Morgan fingerprint density at radius 2 is 1.47 bits per heavy atom. The molecule has 0 bridgehead atoms. The Balaban J connectivity index is 1.29. The molecule has 172 valence electrons. The van der Waals surface area contributed by atoms with E-state index in [2.05, 4.69) is 70.1 Å². The molecule has 30 heavy (non-hydrogen) atoms.